The molecule has 154 valence electrons. The summed E-state index contributed by atoms with van der Waals surface area (Å²) in [5.74, 6) is -0.839. The van der Waals surface area contributed by atoms with Gasteiger partial charge in [0, 0.05) is 10.0 Å². The van der Waals surface area contributed by atoms with Crippen LogP contribution in [0.2, 0.25) is 25.1 Å². The molecule has 2 aromatic carbocycles. The zero-order valence-corrected chi connectivity index (χ0v) is 18.3. The second-order valence-corrected chi connectivity index (χ2v) is 7.79. The molecule has 3 rings (SSSR count). The van der Waals surface area contributed by atoms with Gasteiger partial charge in [-0.1, -0.05) is 64.1 Å². The first-order valence-electron chi connectivity index (χ1n) is 7.98. The maximum Gasteiger partial charge on any atom is 0.326 e. The molecule has 3 aromatic rings. The fourth-order valence-electron chi connectivity index (χ4n) is 2.40. The van der Waals surface area contributed by atoms with Gasteiger partial charge < -0.3 is 5.32 Å². The van der Waals surface area contributed by atoms with Crippen LogP contribution < -0.4 is 16.2 Å². The van der Waals surface area contributed by atoms with Crippen molar-refractivity contribution in [3.05, 3.63) is 83.6 Å². The highest BCUT2D eigenvalue weighted by Gasteiger charge is 2.19. The molecule has 7 nitrogen and oxygen atoms in total. The molecule has 0 fully saturated rings. The standard InChI is InChI=1S/C18H9Cl5N4O3/c19-8-4-9(20)6-10(5-8)27-17(29)15(23)13(7-24-27)25-18(30)26-16(28)14-11(21)2-1-3-12(14)22/h1-7H,(H2,25,26,28,30). The van der Waals surface area contributed by atoms with Crippen LogP contribution in [0.25, 0.3) is 5.69 Å². The molecule has 3 amide bonds. The molecule has 30 heavy (non-hydrogen) atoms. The smallest absolute Gasteiger partial charge is 0.305 e. The van der Waals surface area contributed by atoms with Crippen LogP contribution in [0.15, 0.2) is 47.4 Å². The highest BCUT2D eigenvalue weighted by molar-refractivity contribution is 6.40. The Morgan fingerprint density at radius 2 is 1.53 bits per heavy atom. The van der Waals surface area contributed by atoms with E-state index in [0.29, 0.717) is 10.0 Å². The first-order chi connectivity index (χ1) is 14.2. The van der Waals surface area contributed by atoms with Gasteiger partial charge in [0.05, 0.1) is 33.2 Å². The number of benzene rings is 2. The Hall–Kier alpha value is -2.29. The minimum atomic E-state index is -0.970. The lowest BCUT2D eigenvalue weighted by Gasteiger charge is -2.11. The molecule has 0 saturated heterocycles. The third-order valence-corrected chi connectivity index (χ3v) is 5.11. The molecule has 0 radical (unpaired) electrons. The largest absolute Gasteiger partial charge is 0.326 e. The summed E-state index contributed by atoms with van der Waals surface area (Å²) in [4.78, 5) is 37.0. The molecule has 12 heteroatoms. The van der Waals surface area contributed by atoms with Crippen LogP contribution in [0.4, 0.5) is 10.5 Å². The van der Waals surface area contributed by atoms with E-state index in [9.17, 15) is 14.4 Å². The molecular weight excluding hydrogens is 497 g/mol. The predicted octanol–water partition coefficient (Wildman–Crippen LogP) is 5.46. The van der Waals surface area contributed by atoms with Crippen LogP contribution in [0.5, 0.6) is 0 Å². The lowest BCUT2D eigenvalue weighted by atomic mass is 10.2. The zero-order chi connectivity index (χ0) is 22.0. The van der Waals surface area contributed by atoms with Crippen LogP contribution in [0, 0.1) is 0 Å². The van der Waals surface area contributed by atoms with Crippen molar-refractivity contribution in [1.82, 2.24) is 15.1 Å². The van der Waals surface area contributed by atoms with Crippen LogP contribution in [0.1, 0.15) is 10.4 Å². The third kappa shape index (κ3) is 4.88. The molecular formula is C18H9Cl5N4O3. The molecule has 1 heterocycles. The van der Waals surface area contributed by atoms with Crippen molar-refractivity contribution in [3.63, 3.8) is 0 Å². The Labute approximate surface area is 194 Å². The normalized spacial score (nSPS) is 10.6. The molecule has 0 bridgehead atoms. The van der Waals surface area contributed by atoms with E-state index >= 15 is 0 Å². The number of nitrogens with one attached hydrogen (secondary N) is 2. The fraction of sp³-hybridized carbons (Fsp3) is 0. The number of hydrogen-bond donors (Lipinski definition) is 2. The lowest BCUT2D eigenvalue weighted by Crippen LogP contribution is -2.35. The number of carbonyl (C=O) groups excluding carboxylic acids is 2. The Morgan fingerprint density at radius 3 is 2.13 bits per heavy atom. The summed E-state index contributed by atoms with van der Waals surface area (Å²) in [7, 11) is 0. The van der Waals surface area contributed by atoms with E-state index in [1.165, 1.54) is 30.3 Å². The van der Waals surface area contributed by atoms with E-state index in [1.807, 2.05) is 5.32 Å². The number of imide groups is 1. The monoisotopic (exact) mass is 504 g/mol. The molecule has 1 aromatic heterocycles. The summed E-state index contributed by atoms with van der Waals surface area (Å²) in [6.07, 6.45) is 1.13. The van der Waals surface area contributed by atoms with Crippen LogP contribution in [-0.2, 0) is 0 Å². The van der Waals surface area contributed by atoms with Crippen molar-refractivity contribution < 1.29 is 9.59 Å². The van der Waals surface area contributed by atoms with Crippen LogP contribution >= 0.6 is 58.0 Å². The molecule has 0 aliphatic carbocycles. The van der Waals surface area contributed by atoms with Gasteiger partial charge in [0.2, 0.25) is 0 Å². The van der Waals surface area contributed by atoms with Gasteiger partial charge in [0.25, 0.3) is 11.5 Å². The second-order valence-electron chi connectivity index (χ2n) is 5.72. The fourth-order valence-corrected chi connectivity index (χ4v) is 3.66. The van der Waals surface area contributed by atoms with Gasteiger partial charge in [-0.15, -0.1) is 0 Å². The van der Waals surface area contributed by atoms with Crippen molar-refractivity contribution in [2.45, 2.75) is 0 Å². The highest BCUT2D eigenvalue weighted by atomic mass is 35.5. The zero-order valence-electron chi connectivity index (χ0n) is 14.6. The summed E-state index contributed by atoms with van der Waals surface area (Å²) in [6.45, 7) is 0. The average molecular weight is 507 g/mol. The van der Waals surface area contributed by atoms with E-state index in [4.69, 9.17) is 58.0 Å². The Balaban J connectivity index is 1.82. The Morgan fingerprint density at radius 1 is 0.933 bits per heavy atom. The number of hydrogen-bond acceptors (Lipinski definition) is 4. The summed E-state index contributed by atoms with van der Waals surface area (Å²) in [6, 6.07) is 7.89. The Bertz CT molecular complexity index is 1190. The second kappa shape index (κ2) is 9.24. The van der Waals surface area contributed by atoms with Gasteiger partial charge in [0.15, 0.2) is 0 Å². The van der Waals surface area contributed by atoms with Crippen molar-refractivity contribution in [2.24, 2.45) is 0 Å². The van der Waals surface area contributed by atoms with E-state index in [-0.39, 0.29) is 32.0 Å². The summed E-state index contributed by atoms with van der Waals surface area (Å²) in [5, 5.41) is 8.63. The number of urea groups is 1. The van der Waals surface area contributed by atoms with E-state index in [0.717, 1.165) is 10.9 Å². The SMILES string of the molecule is O=C(NC(=O)c1c(Cl)cccc1Cl)Nc1cnn(-c2cc(Cl)cc(Cl)c2)c(=O)c1Cl. The van der Waals surface area contributed by atoms with Crippen molar-refractivity contribution in [1.29, 1.82) is 0 Å². The van der Waals surface area contributed by atoms with Crippen molar-refractivity contribution in [3.8, 4) is 5.69 Å². The quantitative estimate of drug-likeness (QED) is 0.493. The van der Waals surface area contributed by atoms with Gasteiger partial charge in [0.1, 0.15) is 5.02 Å². The maximum absolute atomic E-state index is 12.5. The Kier molecular flexibility index (Phi) is 6.90. The average Bonchev–Trinajstić information content (AvgIpc) is 2.64. The predicted molar refractivity (Wildman–Crippen MR) is 118 cm³/mol. The topological polar surface area (TPSA) is 93.1 Å². The van der Waals surface area contributed by atoms with Crippen LogP contribution in [-0.4, -0.2) is 21.7 Å². The van der Waals surface area contributed by atoms with Crippen molar-refractivity contribution >= 4 is 75.6 Å². The summed E-state index contributed by atoms with van der Waals surface area (Å²) < 4.78 is 0.956. The van der Waals surface area contributed by atoms with Gasteiger partial charge in [-0.2, -0.15) is 9.78 Å². The minimum Gasteiger partial charge on any atom is -0.305 e. The van der Waals surface area contributed by atoms with Gasteiger partial charge in [-0.25, -0.2) is 4.79 Å². The number of anilines is 1. The van der Waals surface area contributed by atoms with E-state index in [2.05, 4.69) is 10.4 Å². The van der Waals surface area contributed by atoms with Gasteiger partial charge >= 0.3 is 6.03 Å². The number of rotatable bonds is 3. The first kappa shape index (κ1) is 22.4. The van der Waals surface area contributed by atoms with E-state index < -0.39 is 17.5 Å². The van der Waals surface area contributed by atoms with Crippen molar-refractivity contribution in [2.75, 3.05) is 5.32 Å². The first-order valence-corrected chi connectivity index (χ1v) is 9.87. The number of aromatic nitrogens is 2. The maximum atomic E-state index is 12.5. The van der Waals surface area contributed by atoms with Crippen LogP contribution in [0.3, 0.4) is 0 Å². The molecule has 0 aliphatic rings. The number of halogens is 5. The molecule has 0 spiro atoms. The molecule has 0 aliphatic heterocycles. The number of nitrogens with zero attached hydrogens (tertiary/aromatic N) is 2. The van der Waals surface area contributed by atoms with E-state index in [1.54, 1.807) is 6.07 Å². The molecule has 2 N–H and O–H groups in total. The molecule has 0 saturated carbocycles. The molecule has 0 atom stereocenters. The van der Waals surface area contributed by atoms with Gasteiger partial charge in [-0.3, -0.25) is 14.9 Å². The minimum absolute atomic E-state index is 0.0651. The third-order valence-electron chi connectivity index (χ3n) is 3.68. The molecule has 0 unspecified atom stereocenters. The van der Waals surface area contributed by atoms with Gasteiger partial charge in [-0.05, 0) is 30.3 Å². The number of carbonyl (C=O) groups is 2. The summed E-state index contributed by atoms with van der Waals surface area (Å²) >= 11 is 29.8. The highest BCUT2D eigenvalue weighted by Crippen LogP contribution is 2.24. The number of amides is 3. The lowest BCUT2D eigenvalue weighted by molar-refractivity contribution is 0.0967. The summed E-state index contributed by atoms with van der Waals surface area (Å²) in [5.41, 5.74) is -0.665.